The van der Waals surface area contributed by atoms with E-state index in [4.69, 9.17) is 4.55 Å². The van der Waals surface area contributed by atoms with Gasteiger partial charge in [-0.3, -0.25) is 4.55 Å². The van der Waals surface area contributed by atoms with E-state index in [1.165, 1.54) is 26.5 Å². The van der Waals surface area contributed by atoms with Crippen molar-refractivity contribution >= 4 is 33.3 Å². The normalized spacial score (nSPS) is 13.6. The minimum atomic E-state index is -3.94. The van der Waals surface area contributed by atoms with Crippen LogP contribution in [0.2, 0.25) is 0 Å². The van der Waals surface area contributed by atoms with Crippen LogP contribution in [0.3, 0.4) is 0 Å². The molecule has 0 fully saturated rings. The highest BCUT2D eigenvalue weighted by Crippen LogP contribution is 2.50. The maximum absolute atomic E-state index is 11.1. The second kappa shape index (κ2) is 6.43. The van der Waals surface area contributed by atoms with E-state index in [0.717, 1.165) is 11.4 Å². The first kappa shape index (κ1) is 17.3. The molecule has 24 heavy (non-hydrogen) atoms. The number of anilines is 2. The SMILES string of the molecule is Cc1cc(C)c2c(c1)Sc1c(C)cccc1N2CCCS(=O)(=O)O. The van der Waals surface area contributed by atoms with Crippen molar-refractivity contribution in [1.82, 2.24) is 0 Å². The zero-order chi connectivity index (χ0) is 17.5. The summed E-state index contributed by atoms with van der Waals surface area (Å²) >= 11 is 1.77. The molecule has 1 N–H and O–H groups in total. The summed E-state index contributed by atoms with van der Waals surface area (Å²) < 4.78 is 31.1. The molecule has 6 heteroatoms. The molecule has 1 aliphatic rings. The molecule has 0 spiro atoms. The second-order valence-corrected chi connectivity index (χ2v) is 8.87. The number of aryl methyl sites for hydroxylation is 3. The highest BCUT2D eigenvalue weighted by atomic mass is 32.2. The molecule has 2 aromatic rings. The van der Waals surface area contributed by atoms with Crippen molar-refractivity contribution in [2.45, 2.75) is 37.0 Å². The van der Waals surface area contributed by atoms with Crippen LogP contribution in [0.5, 0.6) is 0 Å². The Morgan fingerprint density at radius 1 is 1.12 bits per heavy atom. The van der Waals surface area contributed by atoms with Gasteiger partial charge in [0, 0.05) is 16.3 Å². The van der Waals surface area contributed by atoms with Crippen molar-refractivity contribution in [2.24, 2.45) is 0 Å². The lowest BCUT2D eigenvalue weighted by molar-refractivity contribution is 0.481. The van der Waals surface area contributed by atoms with Crippen LogP contribution in [0.15, 0.2) is 40.1 Å². The third-order valence-corrected chi connectivity index (χ3v) is 6.23. The van der Waals surface area contributed by atoms with Gasteiger partial charge in [0.25, 0.3) is 10.1 Å². The van der Waals surface area contributed by atoms with E-state index in [2.05, 4.69) is 49.9 Å². The van der Waals surface area contributed by atoms with E-state index in [1.807, 2.05) is 6.07 Å². The molecule has 0 amide bonds. The number of nitrogens with zero attached hydrogens (tertiary/aromatic N) is 1. The monoisotopic (exact) mass is 363 g/mol. The van der Waals surface area contributed by atoms with Crippen molar-refractivity contribution in [1.29, 1.82) is 0 Å². The van der Waals surface area contributed by atoms with Crippen LogP contribution in [0.25, 0.3) is 0 Å². The molecule has 0 saturated carbocycles. The Bertz CT molecular complexity index is 891. The van der Waals surface area contributed by atoms with Crippen LogP contribution < -0.4 is 4.90 Å². The summed E-state index contributed by atoms with van der Waals surface area (Å²) in [6.07, 6.45) is 0.379. The number of hydrogen-bond donors (Lipinski definition) is 1. The smallest absolute Gasteiger partial charge is 0.264 e. The van der Waals surface area contributed by atoms with Gasteiger partial charge in [-0.15, -0.1) is 0 Å². The van der Waals surface area contributed by atoms with E-state index in [0.29, 0.717) is 13.0 Å². The Labute approximate surface area is 147 Å². The predicted molar refractivity (Wildman–Crippen MR) is 99.3 cm³/mol. The van der Waals surface area contributed by atoms with Crippen LogP contribution in [-0.2, 0) is 10.1 Å². The highest BCUT2D eigenvalue weighted by Gasteiger charge is 2.26. The van der Waals surface area contributed by atoms with E-state index in [9.17, 15) is 8.42 Å². The number of hydrogen-bond acceptors (Lipinski definition) is 4. The van der Waals surface area contributed by atoms with Gasteiger partial charge in [0.2, 0.25) is 0 Å². The van der Waals surface area contributed by atoms with Crippen LogP contribution in [0.1, 0.15) is 23.1 Å². The van der Waals surface area contributed by atoms with Crippen molar-refractivity contribution in [3.05, 3.63) is 47.0 Å². The number of fused-ring (bicyclic) bond motifs is 2. The van der Waals surface area contributed by atoms with Gasteiger partial charge in [0.05, 0.1) is 17.1 Å². The van der Waals surface area contributed by atoms with Crippen LogP contribution in [-0.4, -0.2) is 25.3 Å². The van der Waals surface area contributed by atoms with Crippen LogP contribution in [0.4, 0.5) is 11.4 Å². The molecule has 2 aromatic carbocycles. The average molecular weight is 364 g/mol. The molecule has 0 unspecified atom stereocenters. The van der Waals surface area contributed by atoms with Gasteiger partial charge in [-0.05, 0) is 56.0 Å². The minimum absolute atomic E-state index is 0.224. The largest absolute Gasteiger partial charge is 0.339 e. The Hall–Kier alpha value is -1.50. The Kier molecular flexibility index (Phi) is 4.64. The molecule has 0 aliphatic carbocycles. The average Bonchev–Trinajstić information content (AvgIpc) is 2.46. The molecule has 128 valence electrons. The van der Waals surface area contributed by atoms with Gasteiger partial charge in [0.15, 0.2) is 0 Å². The number of rotatable bonds is 4. The minimum Gasteiger partial charge on any atom is -0.339 e. The van der Waals surface area contributed by atoms with Crippen molar-refractivity contribution in [2.75, 3.05) is 17.2 Å². The molecule has 0 aromatic heterocycles. The summed E-state index contributed by atoms with van der Waals surface area (Å²) in [5.74, 6) is -0.224. The van der Waals surface area contributed by atoms with E-state index in [1.54, 1.807) is 11.8 Å². The summed E-state index contributed by atoms with van der Waals surface area (Å²) in [7, 11) is -3.94. The standard InChI is InChI=1S/C18H21NO3S2/c1-12-10-14(3)17-16(11-12)23-18-13(2)6-4-7-15(18)19(17)8-5-9-24(20,21)22/h4,6-7,10-11H,5,8-9H2,1-3H3,(H,20,21,22). The molecule has 0 saturated heterocycles. The molecular formula is C18H21NO3S2. The van der Waals surface area contributed by atoms with Crippen molar-refractivity contribution < 1.29 is 13.0 Å². The van der Waals surface area contributed by atoms with Gasteiger partial charge in [-0.1, -0.05) is 30.0 Å². The molecule has 1 aliphatic heterocycles. The molecule has 0 atom stereocenters. The quantitative estimate of drug-likeness (QED) is 0.811. The first-order valence-corrected chi connectivity index (χ1v) is 10.3. The zero-order valence-electron chi connectivity index (χ0n) is 14.0. The summed E-state index contributed by atoms with van der Waals surface area (Å²) in [6, 6.07) is 10.5. The molecule has 0 radical (unpaired) electrons. The summed E-state index contributed by atoms with van der Waals surface area (Å²) in [5.41, 5.74) is 5.85. The fraction of sp³-hybridized carbons (Fsp3) is 0.333. The third-order valence-electron chi connectivity index (χ3n) is 4.16. The summed E-state index contributed by atoms with van der Waals surface area (Å²) in [6.45, 7) is 6.82. The van der Waals surface area contributed by atoms with Gasteiger partial charge >= 0.3 is 0 Å². The predicted octanol–water partition coefficient (Wildman–Crippen LogP) is 4.49. The zero-order valence-corrected chi connectivity index (χ0v) is 15.7. The third kappa shape index (κ3) is 3.45. The van der Waals surface area contributed by atoms with Crippen LogP contribution in [0, 0.1) is 20.8 Å². The van der Waals surface area contributed by atoms with E-state index in [-0.39, 0.29) is 5.75 Å². The Balaban J connectivity index is 2.05. The van der Waals surface area contributed by atoms with Gasteiger partial charge in [-0.25, -0.2) is 0 Å². The lowest BCUT2D eigenvalue weighted by Crippen LogP contribution is -2.25. The van der Waals surface area contributed by atoms with Gasteiger partial charge in [-0.2, -0.15) is 8.42 Å². The van der Waals surface area contributed by atoms with E-state index >= 15 is 0 Å². The Morgan fingerprint density at radius 3 is 2.58 bits per heavy atom. The first-order valence-electron chi connectivity index (χ1n) is 7.87. The van der Waals surface area contributed by atoms with Crippen LogP contribution >= 0.6 is 11.8 Å². The Morgan fingerprint density at radius 2 is 1.88 bits per heavy atom. The lowest BCUT2D eigenvalue weighted by Gasteiger charge is -2.35. The fourth-order valence-electron chi connectivity index (χ4n) is 3.19. The molecule has 3 rings (SSSR count). The summed E-state index contributed by atoms with van der Waals surface area (Å²) in [5, 5.41) is 0. The molecule has 4 nitrogen and oxygen atoms in total. The molecule has 1 heterocycles. The molecular weight excluding hydrogens is 342 g/mol. The maximum Gasteiger partial charge on any atom is 0.264 e. The van der Waals surface area contributed by atoms with Crippen molar-refractivity contribution in [3.63, 3.8) is 0 Å². The van der Waals surface area contributed by atoms with Crippen molar-refractivity contribution in [3.8, 4) is 0 Å². The molecule has 0 bridgehead atoms. The van der Waals surface area contributed by atoms with Gasteiger partial charge < -0.3 is 4.90 Å². The topological polar surface area (TPSA) is 57.6 Å². The summed E-state index contributed by atoms with van der Waals surface area (Å²) in [4.78, 5) is 4.59. The number of benzene rings is 2. The second-order valence-electron chi connectivity index (χ2n) is 6.25. The lowest BCUT2D eigenvalue weighted by atomic mass is 10.1. The van der Waals surface area contributed by atoms with E-state index < -0.39 is 10.1 Å². The maximum atomic E-state index is 11.1. The first-order chi connectivity index (χ1) is 11.3. The fourth-order valence-corrected chi connectivity index (χ4v) is 5.03. The highest BCUT2D eigenvalue weighted by molar-refractivity contribution is 7.99. The van der Waals surface area contributed by atoms with Gasteiger partial charge in [0.1, 0.15) is 0 Å².